The van der Waals surface area contributed by atoms with Gasteiger partial charge in [0.25, 0.3) is 5.91 Å². The Balaban J connectivity index is 1.27. The number of nitrogens with zero attached hydrogens (tertiary/aromatic N) is 2. The Morgan fingerprint density at radius 2 is 1.46 bits per heavy atom. The first-order valence-corrected chi connectivity index (χ1v) is 12.0. The summed E-state index contributed by atoms with van der Waals surface area (Å²) in [6.45, 7) is 5.81. The molecule has 35 heavy (non-hydrogen) atoms. The summed E-state index contributed by atoms with van der Waals surface area (Å²) >= 11 is 0. The van der Waals surface area contributed by atoms with Gasteiger partial charge in [0.15, 0.2) is 0 Å². The minimum absolute atomic E-state index is 0.112. The van der Waals surface area contributed by atoms with E-state index in [1.807, 2.05) is 48.5 Å². The topological polar surface area (TPSA) is 83.1 Å². The molecule has 3 aromatic carbocycles. The molecule has 2 aliphatic heterocycles. The van der Waals surface area contributed by atoms with Gasteiger partial charge < -0.3 is 29.9 Å². The van der Waals surface area contributed by atoms with Crippen LogP contribution in [0.3, 0.4) is 0 Å². The second-order valence-electron chi connectivity index (χ2n) is 8.69. The van der Waals surface area contributed by atoms with E-state index in [0.29, 0.717) is 32.0 Å². The zero-order chi connectivity index (χ0) is 24.0. The number of nitrogens with one attached hydrogen (secondary N) is 2. The SMILES string of the molecule is O=C(CNC(=O)c1ccc2ccccc2c1)Nc1ccc(N2CCOCC2)cc1N1CCOCC1. The third-order valence-corrected chi connectivity index (χ3v) is 6.40. The predicted molar refractivity (Wildman–Crippen MR) is 137 cm³/mol. The lowest BCUT2D eigenvalue weighted by atomic mass is 10.1. The molecule has 2 saturated heterocycles. The first-order chi connectivity index (χ1) is 17.2. The van der Waals surface area contributed by atoms with E-state index in [1.165, 1.54) is 0 Å². The van der Waals surface area contributed by atoms with Crippen LogP contribution in [-0.4, -0.2) is 71.0 Å². The van der Waals surface area contributed by atoms with Crippen LogP contribution in [0.2, 0.25) is 0 Å². The van der Waals surface area contributed by atoms with Crippen LogP contribution in [0.5, 0.6) is 0 Å². The summed E-state index contributed by atoms with van der Waals surface area (Å²) in [4.78, 5) is 30.0. The number of anilines is 3. The van der Waals surface area contributed by atoms with Crippen LogP contribution in [0, 0.1) is 0 Å². The number of rotatable bonds is 6. The number of benzene rings is 3. The van der Waals surface area contributed by atoms with Gasteiger partial charge in [-0.15, -0.1) is 0 Å². The second kappa shape index (κ2) is 10.8. The minimum atomic E-state index is -0.276. The Labute approximate surface area is 204 Å². The second-order valence-corrected chi connectivity index (χ2v) is 8.69. The van der Waals surface area contributed by atoms with E-state index in [1.54, 1.807) is 6.07 Å². The highest BCUT2D eigenvalue weighted by molar-refractivity contribution is 6.02. The molecule has 2 heterocycles. The molecule has 8 nitrogen and oxygen atoms in total. The molecule has 0 saturated carbocycles. The Morgan fingerprint density at radius 3 is 2.20 bits per heavy atom. The highest BCUT2D eigenvalue weighted by Crippen LogP contribution is 2.32. The summed E-state index contributed by atoms with van der Waals surface area (Å²) < 4.78 is 11.0. The van der Waals surface area contributed by atoms with E-state index in [4.69, 9.17) is 9.47 Å². The van der Waals surface area contributed by atoms with E-state index in [2.05, 4.69) is 26.5 Å². The summed E-state index contributed by atoms with van der Waals surface area (Å²) in [5.74, 6) is -0.547. The van der Waals surface area contributed by atoms with Crippen LogP contribution in [0.4, 0.5) is 17.1 Å². The molecule has 0 aromatic heterocycles. The van der Waals surface area contributed by atoms with Gasteiger partial charge in [-0.25, -0.2) is 0 Å². The van der Waals surface area contributed by atoms with Gasteiger partial charge in [0.05, 0.1) is 44.3 Å². The van der Waals surface area contributed by atoms with Crippen LogP contribution in [0.1, 0.15) is 10.4 Å². The van der Waals surface area contributed by atoms with Crippen LogP contribution in [0.25, 0.3) is 10.8 Å². The van der Waals surface area contributed by atoms with E-state index < -0.39 is 0 Å². The molecule has 0 atom stereocenters. The first-order valence-electron chi connectivity index (χ1n) is 12.0. The molecular formula is C27H30N4O4. The molecular weight excluding hydrogens is 444 g/mol. The fraction of sp³-hybridized carbons (Fsp3) is 0.333. The molecule has 0 aliphatic carbocycles. The largest absolute Gasteiger partial charge is 0.378 e. The molecule has 0 radical (unpaired) electrons. The Morgan fingerprint density at radius 1 is 0.771 bits per heavy atom. The molecule has 2 fully saturated rings. The predicted octanol–water partition coefficient (Wildman–Crippen LogP) is 2.88. The number of fused-ring (bicyclic) bond motifs is 1. The number of ether oxygens (including phenoxy) is 2. The molecule has 0 spiro atoms. The van der Waals surface area contributed by atoms with Crippen molar-refractivity contribution in [1.82, 2.24) is 5.32 Å². The summed E-state index contributed by atoms with van der Waals surface area (Å²) in [5, 5.41) is 7.79. The number of morpholine rings is 2. The van der Waals surface area contributed by atoms with Crippen LogP contribution >= 0.6 is 0 Å². The molecule has 2 aliphatic rings. The van der Waals surface area contributed by atoms with Gasteiger partial charge in [-0.1, -0.05) is 30.3 Å². The molecule has 5 rings (SSSR count). The summed E-state index contributed by atoms with van der Waals surface area (Å²) in [6.07, 6.45) is 0. The quantitative estimate of drug-likeness (QED) is 0.572. The Bertz CT molecular complexity index is 1200. The Kier molecular flexibility index (Phi) is 7.11. The standard InChI is InChI=1S/C27H30N4O4/c32-26(19-28-27(33)22-6-5-20-3-1-2-4-21(20)17-22)29-24-8-7-23(30-9-13-34-14-10-30)18-25(24)31-11-15-35-16-12-31/h1-8,17-18H,9-16,19H2,(H,28,33)(H,29,32). The maximum Gasteiger partial charge on any atom is 0.251 e. The summed E-state index contributed by atoms with van der Waals surface area (Å²) in [6, 6.07) is 19.5. The van der Waals surface area contributed by atoms with Crippen molar-refractivity contribution in [2.24, 2.45) is 0 Å². The van der Waals surface area contributed by atoms with E-state index in [9.17, 15) is 9.59 Å². The van der Waals surface area contributed by atoms with E-state index >= 15 is 0 Å². The van der Waals surface area contributed by atoms with Gasteiger partial charge in [0.1, 0.15) is 0 Å². The number of carbonyl (C=O) groups excluding carboxylic acids is 2. The summed E-state index contributed by atoms with van der Waals surface area (Å²) in [5.41, 5.74) is 3.33. The summed E-state index contributed by atoms with van der Waals surface area (Å²) in [7, 11) is 0. The van der Waals surface area contributed by atoms with Crippen LogP contribution in [0.15, 0.2) is 60.7 Å². The van der Waals surface area contributed by atoms with Gasteiger partial charge in [0.2, 0.25) is 5.91 Å². The normalized spacial score (nSPS) is 16.2. The van der Waals surface area contributed by atoms with Gasteiger partial charge in [0, 0.05) is 37.4 Å². The molecule has 182 valence electrons. The van der Waals surface area contributed by atoms with Crippen molar-refractivity contribution in [2.45, 2.75) is 0 Å². The van der Waals surface area contributed by atoms with Gasteiger partial charge >= 0.3 is 0 Å². The van der Waals surface area contributed by atoms with Crippen molar-refractivity contribution in [1.29, 1.82) is 0 Å². The third-order valence-electron chi connectivity index (χ3n) is 6.40. The van der Waals surface area contributed by atoms with Gasteiger partial charge in [-0.3, -0.25) is 9.59 Å². The lowest BCUT2D eigenvalue weighted by molar-refractivity contribution is -0.115. The number of hydrogen-bond acceptors (Lipinski definition) is 6. The van der Waals surface area contributed by atoms with Crippen molar-refractivity contribution in [3.63, 3.8) is 0 Å². The number of amides is 2. The molecule has 0 bridgehead atoms. The molecule has 3 aromatic rings. The average Bonchev–Trinajstić information content (AvgIpc) is 2.92. The van der Waals surface area contributed by atoms with Crippen molar-refractivity contribution in [2.75, 3.05) is 74.3 Å². The number of hydrogen-bond donors (Lipinski definition) is 2. The number of carbonyl (C=O) groups is 2. The van der Waals surface area contributed by atoms with Gasteiger partial charge in [-0.05, 0) is 41.1 Å². The van der Waals surface area contributed by atoms with Crippen LogP contribution < -0.4 is 20.4 Å². The Hall–Kier alpha value is -3.62. The third kappa shape index (κ3) is 5.55. The zero-order valence-electron chi connectivity index (χ0n) is 19.7. The molecule has 2 amide bonds. The first kappa shape index (κ1) is 23.1. The smallest absolute Gasteiger partial charge is 0.251 e. The van der Waals surface area contributed by atoms with Crippen molar-refractivity contribution in [3.8, 4) is 0 Å². The molecule has 8 heteroatoms. The fourth-order valence-electron chi connectivity index (χ4n) is 4.50. The van der Waals surface area contributed by atoms with Crippen molar-refractivity contribution < 1.29 is 19.1 Å². The van der Waals surface area contributed by atoms with Crippen LogP contribution in [-0.2, 0) is 14.3 Å². The maximum atomic E-state index is 12.8. The molecule has 0 unspecified atom stereocenters. The highest BCUT2D eigenvalue weighted by atomic mass is 16.5. The lowest BCUT2D eigenvalue weighted by Gasteiger charge is -2.33. The monoisotopic (exact) mass is 474 g/mol. The highest BCUT2D eigenvalue weighted by Gasteiger charge is 2.20. The lowest BCUT2D eigenvalue weighted by Crippen LogP contribution is -2.38. The van der Waals surface area contributed by atoms with E-state index in [-0.39, 0.29) is 18.4 Å². The zero-order valence-corrected chi connectivity index (χ0v) is 19.7. The average molecular weight is 475 g/mol. The van der Waals surface area contributed by atoms with Gasteiger partial charge in [-0.2, -0.15) is 0 Å². The van der Waals surface area contributed by atoms with Crippen molar-refractivity contribution >= 4 is 39.6 Å². The maximum absolute atomic E-state index is 12.8. The van der Waals surface area contributed by atoms with E-state index in [0.717, 1.165) is 54.0 Å². The minimum Gasteiger partial charge on any atom is -0.378 e. The molecule has 2 N–H and O–H groups in total. The fourth-order valence-corrected chi connectivity index (χ4v) is 4.50. The van der Waals surface area contributed by atoms with Crippen molar-refractivity contribution in [3.05, 3.63) is 66.2 Å².